The van der Waals surface area contributed by atoms with Gasteiger partial charge in [-0.2, -0.15) is 0 Å². The second kappa shape index (κ2) is 7.02. The van der Waals surface area contributed by atoms with Crippen LogP contribution >= 0.6 is 24.4 Å². The zero-order chi connectivity index (χ0) is 7.28. The fourth-order valence-electron chi connectivity index (χ4n) is 0.234. The van der Waals surface area contributed by atoms with Gasteiger partial charge in [-0.1, -0.05) is 13.8 Å². The molecule has 1 unspecified atom stereocenters. The van der Waals surface area contributed by atoms with Crippen LogP contribution < -0.4 is 4.72 Å². The van der Waals surface area contributed by atoms with Crippen LogP contribution in [0.5, 0.6) is 0 Å². The van der Waals surface area contributed by atoms with Gasteiger partial charge in [0, 0.05) is 5.25 Å². The number of hydrogen-bond acceptors (Lipinski definition) is 2. The minimum Gasteiger partial charge on any atom is -0.464 e. The summed E-state index contributed by atoms with van der Waals surface area (Å²) in [5.41, 5.74) is 0. The van der Waals surface area contributed by atoms with Crippen molar-refractivity contribution in [3.8, 4) is 0 Å². The van der Waals surface area contributed by atoms with Crippen molar-refractivity contribution in [3.63, 3.8) is 0 Å². The first-order valence-corrected chi connectivity index (χ1v) is 3.69. The smallest absolute Gasteiger partial charge is 0.414 e. The molecule has 0 aliphatic carbocycles. The van der Waals surface area contributed by atoms with Crippen LogP contribution in [0.25, 0.3) is 0 Å². The molecule has 0 aliphatic heterocycles. The average Bonchev–Trinajstić information content (AvgIpc) is 1.83. The largest absolute Gasteiger partial charge is 0.464 e. The van der Waals surface area contributed by atoms with Gasteiger partial charge in [0.1, 0.15) is 0 Å². The van der Waals surface area contributed by atoms with Gasteiger partial charge in [-0.05, 0) is 18.4 Å². The number of carbonyl (C=O) groups is 1. The Morgan fingerprint density at radius 2 is 2.30 bits per heavy atom. The number of amides is 1. The quantitative estimate of drug-likeness (QED) is 0.663. The van der Waals surface area contributed by atoms with E-state index < -0.39 is 6.09 Å². The van der Waals surface area contributed by atoms with Crippen molar-refractivity contribution in [2.45, 2.75) is 25.5 Å². The van der Waals surface area contributed by atoms with Crippen molar-refractivity contribution in [3.05, 3.63) is 0 Å². The van der Waals surface area contributed by atoms with Crippen molar-refractivity contribution < 1.29 is 9.90 Å². The van der Waals surface area contributed by atoms with E-state index in [1.54, 1.807) is 0 Å². The Morgan fingerprint density at radius 1 is 1.80 bits per heavy atom. The number of carboxylic acid groups (broad SMARTS) is 1. The summed E-state index contributed by atoms with van der Waals surface area (Å²) >= 11 is 1.23. The Labute approximate surface area is 71.1 Å². The number of halogens is 1. The van der Waals surface area contributed by atoms with Gasteiger partial charge >= 0.3 is 6.09 Å². The van der Waals surface area contributed by atoms with Gasteiger partial charge < -0.3 is 5.11 Å². The van der Waals surface area contributed by atoms with Gasteiger partial charge in [0.05, 0.1) is 0 Å². The molecule has 0 fully saturated rings. The summed E-state index contributed by atoms with van der Waals surface area (Å²) in [6.45, 7) is 3.99. The van der Waals surface area contributed by atoms with E-state index in [1.807, 2.05) is 13.8 Å². The predicted molar refractivity (Wildman–Crippen MR) is 45.8 cm³/mol. The lowest BCUT2D eigenvalue weighted by atomic mass is 10.4. The van der Waals surface area contributed by atoms with E-state index in [-0.39, 0.29) is 12.4 Å². The summed E-state index contributed by atoms with van der Waals surface area (Å²) in [4.78, 5) is 9.89. The van der Waals surface area contributed by atoms with Crippen molar-refractivity contribution >= 4 is 30.4 Å². The molecule has 0 aromatic carbocycles. The van der Waals surface area contributed by atoms with Crippen molar-refractivity contribution in [1.82, 2.24) is 4.72 Å². The standard InChI is InChI=1S/C5H11NO2S.ClH/c1-3-4(2)9-6-5(7)8;/h4,6H,3H2,1-2H3,(H,7,8);1H. The molecular weight excluding hydrogens is 174 g/mol. The second-order valence-electron chi connectivity index (χ2n) is 1.74. The van der Waals surface area contributed by atoms with Gasteiger partial charge in [-0.15, -0.1) is 12.4 Å². The lowest BCUT2D eigenvalue weighted by molar-refractivity contribution is 0.202. The summed E-state index contributed by atoms with van der Waals surface area (Å²) in [5, 5.41) is 8.49. The fourth-order valence-corrected chi connectivity index (χ4v) is 0.703. The topological polar surface area (TPSA) is 49.3 Å². The molecule has 1 atom stereocenters. The zero-order valence-corrected chi connectivity index (χ0v) is 7.59. The Hall–Kier alpha value is -0.0900. The summed E-state index contributed by atoms with van der Waals surface area (Å²) in [6.07, 6.45) is 0.00519. The molecule has 3 nitrogen and oxygen atoms in total. The molecule has 0 rings (SSSR count). The first kappa shape index (κ1) is 12.6. The minimum absolute atomic E-state index is 0. The molecular formula is C5H12ClNO2S. The third-order valence-electron chi connectivity index (χ3n) is 0.922. The second-order valence-corrected chi connectivity index (χ2v) is 2.99. The van der Waals surface area contributed by atoms with Crippen molar-refractivity contribution in [2.75, 3.05) is 0 Å². The van der Waals surface area contributed by atoms with E-state index in [0.29, 0.717) is 5.25 Å². The highest BCUT2D eigenvalue weighted by Gasteiger charge is 2.00. The Bertz CT molecular complexity index is 102. The van der Waals surface area contributed by atoms with E-state index in [9.17, 15) is 4.79 Å². The van der Waals surface area contributed by atoms with Crippen LogP contribution in [0.4, 0.5) is 4.79 Å². The molecule has 1 amide bonds. The van der Waals surface area contributed by atoms with E-state index >= 15 is 0 Å². The van der Waals surface area contributed by atoms with Crippen LogP contribution in [0.3, 0.4) is 0 Å². The minimum atomic E-state index is -0.972. The van der Waals surface area contributed by atoms with Crippen LogP contribution in [0.2, 0.25) is 0 Å². The lowest BCUT2D eigenvalue weighted by Gasteiger charge is -2.04. The summed E-state index contributed by atoms with van der Waals surface area (Å²) < 4.78 is 2.23. The van der Waals surface area contributed by atoms with Gasteiger partial charge in [-0.3, -0.25) is 4.72 Å². The maximum absolute atomic E-state index is 9.89. The number of nitrogens with one attached hydrogen (secondary N) is 1. The molecule has 0 aliphatic rings. The number of rotatable bonds is 3. The molecule has 62 valence electrons. The molecule has 10 heavy (non-hydrogen) atoms. The summed E-state index contributed by atoms with van der Waals surface area (Å²) in [6, 6.07) is 0. The summed E-state index contributed by atoms with van der Waals surface area (Å²) in [7, 11) is 0. The van der Waals surface area contributed by atoms with Crippen LogP contribution in [0.1, 0.15) is 20.3 Å². The van der Waals surface area contributed by atoms with Crippen molar-refractivity contribution in [1.29, 1.82) is 0 Å². The molecule has 0 aromatic rings. The zero-order valence-electron chi connectivity index (χ0n) is 5.96. The molecule has 0 saturated carbocycles. The van der Waals surface area contributed by atoms with Crippen LogP contribution in [0.15, 0.2) is 0 Å². The van der Waals surface area contributed by atoms with Gasteiger partial charge in [0.15, 0.2) is 0 Å². The molecule has 0 aromatic heterocycles. The van der Waals surface area contributed by atoms with Gasteiger partial charge in [-0.25, -0.2) is 4.79 Å². The van der Waals surface area contributed by atoms with E-state index in [2.05, 4.69) is 4.72 Å². The monoisotopic (exact) mass is 185 g/mol. The Kier molecular flexibility index (Phi) is 8.83. The van der Waals surface area contributed by atoms with Gasteiger partial charge in [0.2, 0.25) is 0 Å². The highest BCUT2D eigenvalue weighted by atomic mass is 35.5. The first-order valence-electron chi connectivity index (χ1n) is 2.81. The highest BCUT2D eigenvalue weighted by Crippen LogP contribution is 2.07. The van der Waals surface area contributed by atoms with E-state index in [1.165, 1.54) is 11.9 Å². The third kappa shape index (κ3) is 7.91. The average molecular weight is 186 g/mol. The maximum Gasteiger partial charge on any atom is 0.414 e. The Balaban J connectivity index is 0. The van der Waals surface area contributed by atoms with Crippen LogP contribution in [0, 0.1) is 0 Å². The molecule has 0 spiro atoms. The molecule has 0 radical (unpaired) electrons. The van der Waals surface area contributed by atoms with Gasteiger partial charge in [0.25, 0.3) is 0 Å². The Morgan fingerprint density at radius 3 is 2.60 bits per heavy atom. The predicted octanol–water partition coefficient (Wildman–Crippen LogP) is 2.12. The van der Waals surface area contributed by atoms with E-state index in [4.69, 9.17) is 5.11 Å². The molecule has 5 heteroatoms. The van der Waals surface area contributed by atoms with Crippen molar-refractivity contribution in [2.24, 2.45) is 0 Å². The normalized spacial score (nSPS) is 11.4. The molecule has 0 heterocycles. The fraction of sp³-hybridized carbons (Fsp3) is 0.800. The SMILES string of the molecule is CCC(C)SNC(=O)O.Cl. The number of hydrogen-bond donors (Lipinski definition) is 2. The molecule has 0 bridgehead atoms. The lowest BCUT2D eigenvalue weighted by Crippen LogP contribution is -2.15. The molecule has 2 N–H and O–H groups in total. The molecule has 0 saturated heterocycles. The van der Waals surface area contributed by atoms with Crippen LogP contribution in [-0.2, 0) is 0 Å². The third-order valence-corrected chi connectivity index (χ3v) is 1.95. The highest BCUT2D eigenvalue weighted by molar-refractivity contribution is 7.98. The maximum atomic E-state index is 9.89. The van der Waals surface area contributed by atoms with Crippen LogP contribution in [-0.4, -0.2) is 16.4 Å². The van der Waals surface area contributed by atoms with E-state index in [0.717, 1.165) is 6.42 Å². The first-order chi connectivity index (χ1) is 4.16. The summed E-state index contributed by atoms with van der Waals surface area (Å²) in [5.74, 6) is 0.